The fraction of sp³-hybridized carbons (Fsp3) is 0.300. The minimum absolute atomic E-state index is 0.0758. The van der Waals surface area contributed by atoms with Gasteiger partial charge in [-0.2, -0.15) is 5.10 Å². The molecule has 1 aromatic carbocycles. The van der Waals surface area contributed by atoms with Crippen LogP contribution in [0.2, 0.25) is 0 Å². The lowest BCUT2D eigenvalue weighted by Gasteiger charge is -2.14. The maximum Gasteiger partial charge on any atom is 0.261 e. The molecule has 0 bridgehead atoms. The molecular formula is C20H23N3O2S. The third-order valence-electron chi connectivity index (χ3n) is 4.11. The van der Waals surface area contributed by atoms with Crippen LogP contribution < -0.4 is 10.1 Å². The molecule has 1 N–H and O–H groups in total. The van der Waals surface area contributed by atoms with Crippen molar-refractivity contribution in [3.05, 3.63) is 69.7 Å². The van der Waals surface area contributed by atoms with Crippen LogP contribution in [0.25, 0.3) is 0 Å². The van der Waals surface area contributed by atoms with E-state index in [4.69, 9.17) is 4.74 Å². The van der Waals surface area contributed by atoms with Gasteiger partial charge in [-0.3, -0.25) is 9.48 Å². The van der Waals surface area contributed by atoms with Crippen molar-refractivity contribution >= 4 is 17.2 Å². The van der Waals surface area contributed by atoms with E-state index in [9.17, 15) is 4.79 Å². The number of carbonyl (C=O) groups excluding carboxylic acids is 1. The summed E-state index contributed by atoms with van der Waals surface area (Å²) in [5, 5.41) is 9.25. The summed E-state index contributed by atoms with van der Waals surface area (Å²) in [4.78, 5) is 13.2. The maximum absolute atomic E-state index is 12.5. The lowest BCUT2D eigenvalue weighted by Crippen LogP contribution is -2.27. The van der Waals surface area contributed by atoms with Crippen LogP contribution in [0.5, 0.6) is 5.75 Å². The monoisotopic (exact) mass is 369 g/mol. The standard InChI is InChI=1S/C20H23N3O2S/c1-4-23-18(8-9-21-23)15(3)22-20(24)19-11-16(13-26-19)12-25-17-7-5-6-14(2)10-17/h5-11,13,15H,4,12H2,1-3H3,(H,22,24). The summed E-state index contributed by atoms with van der Waals surface area (Å²) in [5.41, 5.74) is 3.15. The summed E-state index contributed by atoms with van der Waals surface area (Å²) in [5.74, 6) is 0.761. The van der Waals surface area contributed by atoms with Crippen molar-refractivity contribution in [2.24, 2.45) is 0 Å². The molecule has 0 saturated heterocycles. The predicted molar refractivity (Wildman–Crippen MR) is 104 cm³/mol. The fourth-order valence-electron chi connectivity index (χ4n) is 2.76. The minimum Gasteiger partial charge on any atom is -0.489 e. The number of ether oxygens (including phenoxy) is 1. The first kappa shape index (κ1) is 18.2. The van der Waals surface area contributed by atoms with Crippen LogP contribution in [0.4, 0.5) is 0 Å². The molecule has 0 aliphatic carbocycles. The molecule has 3 aromatic rings. The number of amides is 1. The molecule has 6 heteroatoms. The lowest BCUT2D eigenvalue weighted by molar-refractivity contribution is 0.0942. The molecule has 0 spiro atoms. The van der Waals surface area contributed by atoms with Crippen LogP contribution in [0.3, 0.4) is 0 Å². The Morgan fingerprint density at radius 2 is 2.19 bits per heavy atom. The summed E-state index contributed by atoms with van der Waals surface area (Å²) in [6, 6.07) is 11.7. The lowest BCUT2D eigenvalue weighted by atomic mass is 10.2. The van der Waals surface area contributed by atoms with Crippen LogP contribution in [0.1, 0.15) is 46.4 Å². The average Bonchev–Trinajstić information content (AvgIpc) is 3.29. The zero-order valence-electron chi connectivity index (χ0n) is 15.2. The summed E-state index contributed by atoms with van der Waals surface area (Å²) >= 11 is 1.43. The van der Waals surface area contributed by atoms with Gasteiger partial charge in [0, 0.05) is 18.3 Å². The van der Waals surface area contributed by atoms with Crippen molar-refractivity contribution in [2.45, 2.75) is 40.0 Å². The number of thiophene rings is 1. The van der Waals surface area contributed by atoms with Gasteiger partial charge < -0.3 is 10.1 Å². The fourth-order valence-corrected chi connectivity index (χ4v) is 3.56. The van der Waals surface area contributed by atoms with E-state index in [2.05, 4.69) is 10.4 Å². The molecule has 1 unspecified atom stereocenters. The minimum atomic E-state index is -0.0981. The first-order chi connectivity index (χ1) is 12.6. The average molecular weight is 369 g/mol. The third-order valence-corrected chi connectivity index (χ3v) is 5.09. The van der Waals surface area contributed by atoms with Gasteiger partial charge in [0.15, 0.2) is 0 Å². The third kappa shape index (κ3) is 4.32. The molecule has 5 nitrogen and oxygen atoms in total. The van der Waals surface area contributed by atoms with Crippen molar-refractivity contribution in [1.29, 1.82) is 0 Å². The molecule has 2 heterocycles. The molecule has 0 aliphatic heterocycles. The van der Waals surface area contributed by atoms with Crippen molar-refractivity contribution in [3.63, 3.8) is 0 Å². The van der Waals surface area contributed by atoms with E-state index in [0.717, 1.165) is 29.1 Å². The van der Waals surface area contributed by atoms with Crippen LogP contribution in [-0.4, -0.2) is 15.7 Å². The SMILES string of the molecule is CCn1nccc1C(C)NC(=O)c1cc(COc2cccc(C)c2)cs1. The van der Waals surface area contributed by atoms with Crippen molar-refractivity contribution in [2.75, 3.05) is 0 Å². The Labute approximate surface area is 157 Å². The Balaban J connectivity index is 1.59. The molecule has 3 rings (SSSR count). The Morgan fingerprint density at radius 3 is 2.96 bits per heavy atom. The number of hydrogen-bond donors (Lipinski definition) is 1. The highest BCUT2D eigenvalue weighted by atomic mass is 32.1. The van der Waals surface area contributed by atoms with Crippen LogP contribution in [-0.2, 0) is 13.2 Å². The van der Waals surface area contributed by atoms with Gasteiger partial charge in [-0.25, -0.2) is 0 Å². The maximum atomic E-state index is 12.5. The zero-order chi connectivity index (χ0) is 18.5. The number of nitrogens with one attached hydrogen (secondary N) is 1. The Kier molecular flexibility index (Phi) is 5.73. The van der Waals surface area contributed by atoms with Gasteiger partial charge in [0.25, 0.3) is 5.91 Å². The molecule has 136 valence electrons. The quantitative estimate of drug-likeness (QED) is 0.674. The van der Waals surface area contributed by atoms with E-state index < -0.39 is 0 Å². The van der Waals surface area contributed by atoms with Gasteiger partial charge >= 0.3 is 0 Å². The summed E-state index contributed by atoms with van der Waals surface area (Å²) in [6.45, 7) is 7.26. The van der Waals surface area contributed by atoms with Crippen molar-refractivity contribution in [1.82, 2.24) is 15.1 Å². The number of aryl methyl sites for hydroxylation is 2. The number of carbonyl (C=O) groups is 1. The molecule has 2 aromatic heterocycles. The zero-order valence-corrected chi connectivity index (χ0v) is 16.0. The number of nitrogens with zero attached hydrogens (tertiary/aromatic N) is 2. The first-order valence-electron chi connectivity index (χ1n) is 8.66. The normalized spacial score (nSPS) is 12.0. The Hall–Kier alpha value is -2.60. The van der Waals surface area contributed by atoms with Gasteiger partial charge in [-0.05, 0) is 56.0 Å². The van der Waals surface area contributed by atoms with Crippen LogP contribution >= 0.6 is 11.3 Å². The van der Waals surface area contributed by atoms with E-state index in [1.165, 1.54) is 11.3 Å². The Bertz CT molecular complexity index is 885. The molecule has 0 aliphatic rings. The summed E-state index contributed by atoms with van der Waals surface area (Å²) in [7, 11) is 0. The molecule has 26 heavy (non-hydrogen) atoms. The molecule has 0 fully saturated rings. The first-order valence-corrected chi connectivity index (χ1v) is 9.54. The van der Waals surface area contributed by atoms with Gasteiger partial charge in [-0.1, -0.05) is 12.1 Å². The highest BCUT2D eigenvalue weighted by Crippen LogP contribution is 2.20. The predicted octanol–water partition coefficient (Wildman–Crippen LogP) is 4.34. The molecular weight excluding hydrogens is 346 g/mol. The van der Waals surface area contributed by atoms with Crippen molar-refractivity contribution in [3.8, 4) is 5.75 Å². The number of aromatic nitrogens is 2. The van der Waals surface area contributed by atoms with Gasteiger partial charge in [0.05, 0.1) is 16.6 Å². The van der Waals surface area contributed by atoms with E-state index in [-0.39, 0.29) is 11.9 Å². The molecule has 0 radical (unpaired) electrons. The van der Waals surface area contributed by atoms with E-state index in [1.807, 2.05) is 67.2 Å². The second-order valence-electron chi connectivity index (χ2n) is 6.19. The smallest absolute Gasteiger partial charge is 0.261 e. The number of rotatable bonds is 7. The molecule has 0 saturated carbocycles. The summed E-state index contributed by atoms with van der Waals surface area (Å²) in [6.07, 6.45) is 1.76. The highest BCUT2D eigenvalue weighted by Gasteiger charge is 2.16. The Morgan fingerprint density at radius 1 is 1.35 bits per heavy atom. The second kappa shape index (κ2) is 8.19. The topological polar surface area (TPSA) is 56.2 Å². The molecule has 1 amide bonds. The van der Waals surface area contributed by atoms with Gasteiger partial charge in [0.2, 0.25) is 0 Å². The van der Waals surface area contributed by atoms with Gasteiger partial charge in [0.1, 0.15) is 12.4 Å². The second-order valence-corrected chi connectivity index (χ2v) is 7.10. The van der Waals surface area contributed by atoms with Crippen molar-refractivity contribution < 1.29 is 9.53 Å². The number of benzene rings is 1. The van der Waals surface area contributed by atoms with E-state index >= 15 is 0 Å². The van der Waals surface area contributed by atoms with Crippen LogP contribution in [0.15, 0.2) is 48.0 Å². The van der Waals surface area contributed by atoms with E-state index in [1.54, 1.807) is 6.20 Å². The largest absolute Gasteiger partial charge is 0.489 e. The molecule has 1 atom stereocenters. The summed E-state index contributed by atoms with van der Waals surface area (Å²) < 4.78 is 7.69. The number of hydrogen-bond acceptors (Lipinski definition) is 4. The van der Waals surface area contributed by atoms with Crippen LogP contribution in [0, 0.1) is 6.92 Å². The van der Waals surface area contributed by atoms with E-state index in [0.29, 0.717) is 11.5 Å². The highest BCUT2D eigenvalue weighted by molar-refractivity contribution is 7.12. The van der Waals surface area contributed by atoms with Gasteiger partial charge in [-0.15, -0.1) is 11.3 Å².